The van der Waals surface area contributed by atoms with Crippen LogP contribution in [0.1, 0.15) is 12.0 Å². The van der Waals surface area contributed by atoms with Crippen LogP contribution in [0.25, 0.3) is 0 Å². The summed E-state index contributed by atoms with van der Waals surface area (Å²) in [5.74, 6) is 0. The van der Waals surface area contributed by atoms with Crippen molar-refractivity contribution in [2.24, 2.45) is 5.16 Å². The van der Waals surface area contributed by atoms with Crippen LogP contribution in [0.15, 0.2) is 29.4 Å². The van der Waals surface area contributed by atoms with Gasteiger partial charge in [0.25, 0.3) is 0 Å². The van der Waals surface area contributed by atoms with Crippen LogP contribution < -0.4 is 5.32 Å². The van der Waals surface area contributed by atoms with Crippen LogP contribution in [0.4, 0.5) is 5.69 Å². The zero-order valence-electron chi connectivity index (χ0n) is 7.53. The predicted octanol–water partition coefficient (Wildman–Crippen LogP) is 2.14. The lowest BCUT2D eigenvalue weighted by Gasteiger charge is -2.11. The highest BCUT2D eigenvalue weighted by molar-refractivity contribution is 5.60. The zero-order valence-corrected chi connectivity index (χ0v) is 7.53. The van der Waals surface area contributed by atoms with Crippen LogP contribution in [0.2, 0.25) is 0 Å². The first-order chi connectivity index (χ1) is 6.34. The molecule has 0 amide bonds. The van der Waals surface area contributed by atoms with Crippen LogP contribution in [-0.4, -0.2) is 12.4 Å². The Hall–Kier alpha value is -1.51. The first kappa shape index (κ1) is 8.10. The molecule has 1 aromatic rings. The normalized spacial score (nSPS) is 19.9. The van der Waals surface area contributed by atoms with Crippen molar-refractivity contribution in [2.75, 3.05) is 5.32 Å². The third-order valence-electron chi connectivity index (χ3n) is 1.96. The summed E-state index contributed by atoms with van der Waals surface area (Å²) in [5, 5.41) is 6.91. The van der Waals surface area contributed by atoms with Crippen LogP contribution in [0.3, 0.4) is 0 Å². The van der Waals surface area contributed by atoms with E-state index in [2.05, 4.69) is 29.5 Å². The Balaban J connectivity index is 1.97. The summed E-state index contributed by atoms with van der Waals surface area (Å²) >= 11 is 0. The maximum Gasteiger partial charge on any atom is 0.202 e. The van der Waals surface area contributed by atoms with Gasteiger partial charge in [-0.2, -0.15) is 0 Å². The second-order valence-electron chi connectivity index (χ2n) is 3.13. The number of aryl methyl sites for hydroxylation is 1. The predicted molar refractivity (Wildman–Crippen MR) is 52.8 cm³/mol. The number of nitrogens with one attached hydrogen (secondary N) is 1. The number of hydrogen-bond donors (Lipinski definition) is 1. The third kappa shape index (κ3) is 1.99. The fourth-order valence-corrected chi connectivity index (χ4v) is 1.22. The molecule has 0 saturated heterocycles. The van der Waals surface area contributed by atoms with E-state index in [0.29, 0.717) is 0 Å². The van der Waals surface area contributed by atoms with Gasteiger partial charge in [-0.05, 0) is 19.1 Å². The fourth-order valence-electron chi connectivity index (χ4n) is 1.22. The highest BCUT2D eigenvalue weighted by Gasteiger charge is 2.11. The van der Waals surface area contributed by atoms with Gasteiger partial charge in [0, 0.05) is 18.3 Å². The minimum absolute atomic E-state index is 0.00251. The second-order valence-corrected chi connectivity index (χ2v) is 3.13. The fraction of sp³-hybridized carbons (Fsp3) is 0.300. The van der Waals surface area contributed by atoms with Gasteiger partial charge in [0.15, 0.2) is 0 Å². The summed E-state index contributed by atoms with van der Waals surface area (Å²) in [6.45, 7) is 2.07. The highest BCUT2D eigenvalue weighted by Crippen LogP contribution is 2.13. The van der Waals surface area contributed by atoms with Gasteiger partial charge < -0.3 is 10.2 Å². The summed E-state index contributed by atoms with van der Waals surface area (Å²) in [6, 6.07) is 8.21. The Labute approximate surface area is 77.4 Å². The SMILES string of the molecule is Cc1ccc(NC2CC=NO2)cc1. The van der Waals surface area contributed by atoms with Crippen molar-refractivity contribution in [1.82, 2.24) is 0 Å². The van der Waals surface area contributed by atoms with Gasteiger partial charge >= 0.3 is 0 Å². The second kappa shape index (κ2) is 3.47. The van der Waals surface area contributed by atoms with E-state index < -0.39 is 0 Å². The van der Waals surface area contributed by atoms with E-state index in [1.54, 1.807) is 6.21 Å². The van der Waals surface area contributed by atoms with E-state index in [-0.39, 0.29) is 6.23 Å². The van der Waals surface area contributed by atoms with E-state index >= 15 is 0 Å². The molecule has 0 radical (unpaired) electrons. The maximum absolute atomic E-state index is 5.05. The lowest BCUT2D eigenvalue weighted by atomic mass is 10.2. The zero-order chi connectivity index (χ0) is 9.10. The number of rotatable bonds is 2. The van der Waals surface area contributed by atoms with Crippen molar-refractivity contribution < 1.29 is 4.84 Å². The quantitative estimate of drug-likeness (QED) is 0.749. The summed E-state index contributed by atoms with van der Waals surface area (Å²) in [6.07, 6.45) is 2.60. The average Bonchev–Trinajstić information content (AvgIpc) is 2.62. The molecule has 3 nitrogen and oxygen atoms in total. The Bertz CT molecular complexity index is 297. The van der Waals surface area contributed by atoms with Crippen molar-refractivity contribution >= 4 is 11.9 Å². The lowest BCUT2D eigenvalue weighted by molar-refractivity contribution is 0.106. The number of anilines is 1. The average molecular weight is 176 g/mol. The Kier molecular flexibility index (Phi) is 2.17. The van der Waals surface area contributed by atoms with Crippen LogP contribution in [-0.2, 0) is 4.84 Å². The molecule has 3 heteroatoms. The van der Waals surface area contributed by atoms with Gasteiger partial charge in [-0.15, -0.1) is 0 Å². The molecule has 0 aromatic heterocycles. The summed E-state index contributed by atoms with van der Waals surface area (Å²) in [5.41, 5.74) is 2.33. The molecule has 0 spiro atoms. The van der Waals surface area contributed by atoms with E-state index in [4.69, 9.17) is 4.84 Å². The van der Waals surface area contributed by atoms with Crippen LogP contribution >= 0.6 is 0 Å². The van der Waals surface area contributed by atoms with Crippen molar-refractivity contribution in [2.45, 2.75) is 19.6 Å². The molecule has 1 N–H and O–H groups in total. The van der Waals surface area contributed by atoms with Gasteiger partial charge in [-0.3, -0.25) is 0 Å². The van der Waals surface area contributed by atoms with Crippen LogP contribution in [0, 0.1) is 6.92 Å². The third-order valence-corrected chi connectivity index (χ3v) is 1.96. The molecule has 1 aromatic carbocycles. The molecule has 13 heavy (non-hydrogen) atoms. The molecule has 1 unspecified atom stereocenters. The van der Waals surface area contributed by atoms with Crippen molar-refractivity contribution in [3.05, 3.63) is 29.8 Å². The molecular formula is C10H12N2O. The molecule has 0 bridgehead atoms. The van der Waals surface area contributed by atoms with E-state index in [1.807, 2.05) is 12.1 Å². The van der Waals surface area contributed by atoms with Gasteiger partial charge in [-0.1, -0.05) is 22.9 Å². The standard InChI is InChI=1S/C10H12N2O/c1-8-2-4-9(5-3-8)12-10-6-7-11-13-10/h2-5,7,10,12H,6H2,1H3. The van der Waals surface area contributed by atoms with E-state index in [1.165, 1.54) is 5.56 Å². The smallest absolute Gasteiger partial charge is 0.202 e. The molecular weight excluding hydrogens is 164 g/mol. The van der Waals surface area contributed by atoms with Crippen molar-refractivity contribution in [3.63, 3.8) is 0 Å². The van der Waals surface area contributed by atoms with Gasteiger partial charge in [0.1, 0.15) is 0 Å². The molecule has 68 valence electrons. The van der Waals surface area contributed by atoms with Crippen molar-refractivity contribution in [1.29, 1.82) is 0 Å². The van der Waals surface area contributed by atoms with Gasteiger partial charge in [0.05, 0.1) is 0 Å². The number of nitrogens with zero attached hydrogens (tertiary/aromatic N) is 1. The lowest BCUT2D eigenvalue weighted by Crippen LogP contribution is -2.17. The van der Waals surface area contributed by atoms with E-state index in [9.17, 15) is 0 Å². The number of oxime groups is 1. The minimum atomic E-state index is 0.00251. The first-order valence-electron chi connectivity index (χ1n) is 4.35. The van der Waals surface area contributed by atoms with Gasteiger partial charge in [0.2, 0.25) is 6.23 Å². The Morgan fingerprint density at radius 2 is 2.15 bits per heavy atom. The van der Waals surface area contributed by atoms with E-state index in [0.717, 1.165) is 12.1 Å². The van der Waals surface area contributed by atoms with Crippen LogP contribution in [0.5, 0.6) is 0 Å². The molecule has 2 rings (SSSR count). The molecule has 0 aliphatic carbocycles. The summed E-state index contributed by atoms with van der Waals surface area (Å²) in [4.78, 5) is 5.05. The monoisotopic (exact) mass is 176 g/mol. The number of hydrogen-bond acceptors (Lipinski definition) is 3. The maximum atomic E-state index is 5.05. The highest BCUT2D eigenvalue weighted by atomic mass is 16.7. The van der Waals surface area contributed by atoms with Gasteiger partial charge in [-0.25, -0.2) is 0 Å². The Morgan fingerprint density at radius 3 is 2.77 bits per heavy atom. The molecule has 1 aliphatic heterocycles. The van der Waals surface area contributed by atoms with Crippen molar-refractivity contribution in [3.8, 4) is 0 Å². The number of benzene rings is 1. The molecule has 1 aliphatic rings. The minimum Gasteiger partial charge on any atom is -0.371 e. The molecule has 1 heterocycles. The topological polar surface area (TPSA) is 33.6 Å². The first-order valence-corrected chi connectivity index (χ1v) is 4.35. The molecule has 0 fully saturated rings. The largest absolute Gasteiger partial charge is 0.371 e. The summed E-state index contributed by atoms with van der Waals surface area (Å²) in [7, 11) is 0. The Morgan fingerprint density at radius 1 is 1.38 bits per heavy atom. The molecule has 1 atom stereocenters. The summed E-state index contributed by atoms with van der Waals surface area (Å²) < 4.78 is 0. The molecule has 0 saturated carbocycles.